The van der Waals surface area contributed by atoms with E-state index in [1.165, 1.54) is 0 Å². The number of aliphatic imine (C=N–C) groups is 2. The summed E-state index contributed by atoms with van der Waals surface area (Å²) in [5, 5.41) is 0. The van der Waals surface area contributed by atoms with Crippen LogP contribution in [0.3, 0.4) is 0 Å². The smallest absolute Gasteiger partial charge is 0.0403 e. The molecule has 0 radical (unpaired) electrons. The van der Waals surface area contributed by atoms with Crippen molar-refractivity contribution in [1.29, 1.82) is 0 Å². The molecule has 2 heteroatoms. The molecular formula is C13H26N2. The minimum absolute atomic E-state index is 0.203. The second kappa shape index (κ2) is 6.04. The third-order valence-electron chi connectivity index (χ3n) is 1.53. The lowest BCUT2D eigenvalue weighted by Crippen LogP contribution is -2.07. The molecule has 0 atom stereocenters. The van der Waals surface area contributed by atoms with Gasteiger partial charge >= 0.3 is 0 Å². The van der Waals surface area contributed by atoms with E-state index in [1.54, 1.807) is 0 Å². The molecule has 0 unspecified atom stereocenters. The number of hydrogen-bond acceptors (Lipinski definition) is 2. The molecule has 0 amide bonds. The molecule has 0 aliphatic heterocycles. The molecule has 0 rings (SSSR count). The van der Waals surface area contributed by atoms with Gasteiger partial charge in [0.1, 0.15) is 0 Å². The van der Waals surface area contributed by atoms with Gasteiger partial charge < -0.3 is 0 Å². The molecule has 0 saturated carbocycles. The average Bonchev–Trinajstić information content (AvgIpc) is 1.98. The van der Waals surface area contributed by atoms with Crippen LogP contribution in [0, 0.1) is 10.8 Å². The summed E-state index contributed by atoms with van der Waals surface area (Å²) in [6.07, 6.45) is 5.10. The van der Waals surface area contributed by atoms with Crippen molar-refractivity contribution >= 4 is 12.4 Å². The Morgan fingerprint density at radius 2 is 1.07 bits per heavy atom. The molecule has 0 saturated heterocycles. The van der Waals surface area contributed by atoms with Crippen LogP contribution in [0.25, 0.3) is 0 Å². The van der Waals surface area contributed by atoms with Crippen molar-refractivity contribution in [2.45, 2.75) is 48.0 Å². The average molecular weight is 210 g/mol. The Labute approximate surface area is 94.9 Å². The SMILES string of the molecule is CC(C)(C)C=NCCCN=CC(C)(C)C. The highest BCUT2D eigenvalue weighted by Crippen LogP contribution is 2.09. The van der Waals surface area contributed by atoms with E-state index in [0.717, 1.165) is 19.5 Å². The molecular weight excluding hydrogens is 184 g/mol. The molecule has 2 nitrogen and oxygen atoms in total. The first-order valence-electron chi connectivity index (χ1n) is 5.73. The van der Waals surface area contributed by atoms with Gasteiger partial charge in [-0.25, -0.2) is 0 Å². The summed E-state index contributed by atoms with van der Waals surface area (Å²) < 4.78 is 0. The van der Waals surface area contributed by atoms with Crippen molar-refractivity contribution < 1.29 is 0 Å². The number of hydrogen-bond donors (Lipinski definition) is 0. The van der Waals surface area contributed by atoms with E-state index in [1.807, 2.05) is 12.4 Å². The zero-order chi connectivity index (χ0) is 11.9. The van der Waals surface area contributed by atoms with E-state index >= 15 is 0 Å². The van der Waals surface area contributed by atoms with Crippen LogP contribution < -0.4 is 0 Å². The third-order valence-corrected chi connectivity index (χ3v) is 1.53. The molecule has 0 spiro atoms. The highest BCUT2D eigenvalue weighted by Gasteiger charge is 2.04. The summed E-state index contributed by atoms with van der Waals surface area (Å²) >= 11 is 0. The summed E-state index contributed by atoms with van der Waals surface area (Å²) in [6.45, 7) is 14.7. The molecule has 0 aromatic rings. The normalized spacial score (nSPS) is 14.3. The maximum atomic E-state index is 4.38. The summed E-state index contributed by atoms with van der Waals surface area (Å²) in [6, 6.07) is 0. The van der Waals surface area contributed by atoms with Crippen LogP contribution >= 0.6 is 0 Å². The van der Waals surface area contributed by atoms with Crippen LogP contribution in [0.5, 0.6) is 0 Å². The lowest BCUT2D eigenvalue weighted by Gasteiger charge is -2.10. The zero-order valence-electron chi connectivity index (χ0n) is 11.2. The quantitative estimate of drug-likeness (QED) is 0.500. The fraction of sp³-hybridized carbons (Fsp3) is 0.846. The maximum absolute atomic E-state index is 4.38. The van der Waals surface area contributed by atoms with E-state index in [4.69, 9.17) is 0 Å². The van der Waals surface area contributed by atoms with E-state index in [9.17, 15) is 0 Å². The van der Waals surface area contributed by atoms with Gasteiger partial charge in [0.25, 0.3) is 0 Å². The summed E-state index contributed by atoms with van der Waals surface area (Å²) in [7, 11) is 0. The van der Waals surface area contributed by atoms with Crippen molar-refractivity contribution in [3.05, 3.63) is 0 Å². The molecule has 0 aromatic carbocycles. The van der Waals surface area contributed by atoms with Crippen molar-refractivity contribution in [3.63, 3.8) is 0 Å². The topological polar surface area (TPSA) is 24.7 Å². The largest absolute Gasteiger partial charge is 0.297 e. The van der Waals surface area contributed by atoms with Crippen molar-refractivity contribution in [1.82, 2.24) is 0 Å². The van der Waals surface area contributed by atoms with Gasteiger partial charge in [0.15, 0.2) is 0 Å². The number of rotatable bonds is 4. The first kappa shape index (κ1) is 14.3. The fourth-order valence-corrected chi connectivity index (χ4v) is 0.930. The molecule has 88 valence electrons. The van der Waals surface area contributed by atoms with Crippen LogP contribution in [0.2, 0.25) is 0 Å². The van der Waals surface area contributed by atoms with Crippen LogP contribution in [0.4, 0.5) is 0 Å². The molecule has 0 aromatic heterocycles. The van der Waals surface area contributed by atoms with E-state index in [0.29, 0.717) is 0 Å². The molecule has 0 aliphatic carbocycles. The van der Waals surface area contributed by atoms with Gasteiger partial charge in [-0.05, 0) is 17.3 Å². The maximum Gasteiger partial charge on any atom is 0.0403 e. The Morgan fingerprint density at radius 1 is 0.733 bits per heavy atom. The van der Waals surface area contributed by atoms with E-state index < -0.39 is 0 Å². The standard InChI is InChI=1S/C13H26N2/c1-12(2,3)10-14-8-7-9-15-11-13(4,5)6/h10-11H,7-9H2,1-6H3. The summed E-state index contributed by atoms with van der Waals surface area (Å²) in [5.74, 6) is 0. The summed E-state index contributed by atoms with van der Waals surface area (Å²) in [5.41, 5.74) is 0.406. The fourth-order valence-electron chi connectivity index (χ4n) is 0.930. The molecule has 0 aliphatic rings. The van der Waals surface area contributed by atoms with E-state index in [2.05, 4.69) is 51.5 Å². The van der Waals surface area contributed by atoms with Gasteiger partial charge in [0.05, 0.1) is 0 Å². The van der Waals surface area contributed by atoms with Gasteiger partial charge in [0, 0.05) is 25.5 Å². The highest BCUT2D eigenvalue weighted by molar-refractivity contribution is 5.64. The van der Waals surface area contributed by atoms with Gasteiger partial charge in [-0.1, -0.05) is 41.5 Å². The Kier molecular flexibility index (Phi) is 5.77. The van der Waals surface area contributed by atoms with Crippen molar-refractivity contribution in [3.8, 4) is 0 Å². The lowest BCUT2D eigenvalue weighted by atomic mass is 9.99. The minimum atomic E-state index is 0.203. The van der Waals surface area contributed by atoms with Crippen molar-refractivity contribution in [2.24, 2.45) is 20.8 Å². The van der Waals surface area contributed by atoms with Crippen LogP contribution in [-0.4, -0.2) is 25.5 Å². The van der Waals surface area contributed by atoms with Gasteiger partial charge in [-0.3, -0.25) is 9.98 Å². The van der Waals surface area contributed by atoms with E-state index in [-0.39, 0.29) is 10.8 Å². The first-order chi connectivity index (χ1) is 6.71. The highest BCUT2D eigenvalue weighted by atomic mass is 14.7. The predicted octanol–water partition coefficient (Wildman–Crippen LogP) is 3.61. The monoisotopic (exact) mass is 210 g/mol. The zero-order valence-corrected chi connectivity index (χ0v) is 11.2. The number of nitrogens with zero attached hydrogens (tertiary/aromatic N) is 2. The van der Waals surface area contributed by atoms with Gasteiger partial charge in [-0.15, -0.1) is 0 Å². The summed E-state index contributed by atoms with van der Waals surface area (Å²) in [4.78, 5) is 8.76. The molecule has 15 heavy (non-hydrogen) atoms. The molecule has 0 N–H and O–H groups in total. The second-order valence-electron chi connectivity index (χ2n) is 6.16. The van der Waals surface area contributed by atoms with Crippen LogP contribution in [0.15, 0.2) is 9.98 Å². The van der Waals surface area contributed by atoms with Crippen molar-refractivity contribution in [2.75, 3.05) is 13.1 Å². The molecule has 0 bridgehead atoms. The Balaban J connectivity index is 3.57. The first-order valence-corrected chi connectivity index (χ1v) is 5.73. The van der Waals surface area contributed by atoms with Crippen LogP contribution in [-0.2, 0) is 0 Å². The van der Waals surface area contributed by atoms with Gasteiger partial charge in [-0.2, -0.15) is 0 Å². The molecule has 0 fully saturated rings. The third kappa shape index (κ3) is 13.3. The predicted molar refractivity (Wildman–Crippen MR) is 70.2 cm³/mol. The van der Waals surface area contributed by atoms with Crippen LogP contribution in [0.1, 0.15) is 48.0 Å². The Morgan fingerprint density at radius 3 is 1.33 bits per heavy atom. The Hall–Kier alpha value is -0.660. The lowest BCUT2D eigenvalue weighted by molar-refractivity contribution is 0.600. The van der Waals surface area contributed by atoms with Gasteiger partial charge in [0.2, 0.25) is 0 Å². The second-order valence-corrected chi connectivity index (χ2v) is 6.16. The molecule has 0 heterocycles. The Bertz CT molecular complexity index is 190. The minimum Gasteiger partial charge on any atom is -0.297 e.